The van der Waals surface area contributed by atoms with Crippen LogP contribution in [0.1, 0.15) is 17.9 Å². The molecule has 0 amide bonds. The van der Waals surface area contributed by atoms with Gasteiger partial charge in [-0.2, -0.15) is 0 Å². The molecule has 0 spiro atoms. The summed E-state index contributed by atoms with van der Waals surface area (Å²) >= 11 is 5.89. The molecule has 0 aromatic heterocycles. The van der Waals surface area contributed by atoms with Gasteiger partial charge in [0.25, 0.3) is 0 Å². The van der Waals surface area contributed by atoms with Gasteiger partial charge in [-0.15, -0.1) is 0 Å². The van der Waals surface area contributed by atoms with E-state index in [0.717, 1.165) is 24.5 Å². The average molecular weight is 272 g/mol. The van der Waals surface area contributed by atoms with Crippen molar-refractivity contribution in [2.24, 2.45) is 5.92 Å². The summed E-state index contributed by atoms with van der Waals surface area (Å²) in [5, 5.41) is 10.2. The standard InChI is InChI=1S/C14H19ClFNO/c15-13-3-1-11(2-4-13)14-5-7-17(8-6-16)9-12(14)10-18/h1-4,12,14,18H,5-10H2/t12-,14-/m1/s1. The van der Waals surface area contributed by atoms with Crippen LogP contribution in [0, 0.1) is 5.92 Å². The van der Waals surface area contributed by atoms with Crippen molar-refractivity contribution in [2.75, 3.05) is 32.9 Å². The van der Waals surface area contributed by atoms with Crippen molar-refractivity contribution in [2.45, 2.75) is 12.3 Å². The Morgan fingerprint density at radius 1 is 1.33 bits per heavy atom. The molecule has 1 heterocycles. The summed E-state index contributed by atoms with van der Waals surface area (Å²) in [6.45, 7) is 1.98. The molecule has 1 N–H and O–H groups in total. The Kier molecular flexibility index (Phi) is 4.98. The second-order valence-corrected chi connectivity index (χ2v) is 5.32. The molecule has 100 valence electrons. The molecular formula is C14H19ClFNO. The van der Waals surface area contributed by atoms with Crippen molar-refractivity contribution in [3.05, 3.63) is 34.9 Å². The predicted octanol–water partition coefficient (Wildman–Crippen LogP) is 2.71. The minimum absolute atomic E-state index is 0.149. The molecule has 4 heteroatoms. The molecule has 1 fully saturated rings. The zero-order chi connectivity index (χ0) is 13.0. The minimum Gasteiger partial charge on any atom is -0.396 e. The van der Waals surface area contributed by atoms with Crippen LogP contribution in [-0.4, -0.2) is 42.9 Å². The van der Waals surface area contributed by atoms with Crippen molar-refractivity contribution in [3.8, 4) is 0 Å². The van der Waals surface area contributed by atoms with Crippen LogP contribution in [0.2, 0.25) is 5.02 Å². The summed E-state index contributed by atoms with van der Waals surface area (Å²) in [4.78, 5) is 2.09. The third kappa shape index (κ3) is 3.22. The Morgan fingerprint density at radius 2 is 2.06 bits per heavy atom. The first-order valence-corrected chi connectivity index (χ1v) is 6.77. The first-order chi connectivity index (χ1) is 8.74. The van der Waals surface area contributed by atoms with Gasteiger partial charge in [0.2, 0.25) is 0 Å². The predicted molar refractivity (Wildman–Crippen MR) is 71.8 cm³/mol. The monoisotopic (exact) mass is 271 g/mol. The number of hydrogen-bond acceptors (Lipinski definition) is 2. The quantitative estimate of drug-likeness (QED) is 0.910. The largest absolute Gasteiger partial charge is 0.396 e. The van der Waals surface area contributed by atoms with Gasteiger partial charge in [0.1, 0.15) is 6.67 Å². The van der Waals surface area contributed by atoms with E-state index >= 15 is 0 Å². The molecule has 0 unspecified atom stereocenters. The first kappa shape index (κ1) is 13.8. The molecule has 1 aromatic rings. The van der Waals surface area contributed by atoms with Gasteiger partial charge >= 0.3 is 0 Å². The SMILES string of the molecule is OC[C@H]1CN(CCF)CC[C@@H]1c1ccc(Cl)cc1. The molecule has 1 aromatic carbocycles. The number of likely N-dealkylation sites (tertiary alicyclic amines) is 1. The number of aliphatic hydroxyl groups is 1. The van der Waals surface area contributed by atoms with E-state index in [9.17, 15) is 9.50 Å². The Bertz CT molecular complexity index is 371. The molecule has 1 aliphatic rings. The van der Waals surface area contributed by atoms with Crippen LogP contribution < -0.4 is 0 Å². The number of nitrogens with zero attached hydrogens (tertiary/aromatic N) is 1. The first-order valence-electron chi connectivity index (χ1n) is 6.39. The van der Waals surface area contributed by atoms with Gasteiger partial charge in [0.05, 0.1) is 0 Å². The highest BCUT2D eigenvalue weighted by atomic mass is 35.5. The smallest absolute Gasteiger partial charge is 0.102 e. The van der Waals surface area contributed by atoms with E-state index in [-0.39, 0.29) is 19.2 Å². The normalized spacial score (nSPS) is 25.3. The highest BCUT2D eigenvalue weighted by Gasteiger charge is 2.29. The van der Waals surface area contributed by atoms with E-state index in [4.69, 9.17) is 11.6 Å². The summed E-state index contributed by atoms with van der Waals surface area (Å²) < 4.78 is 12.4. The summed E-state index contributed by atoms with van der Waals surface area (Å²) in [5.41, 5.74) is 1.22. The third-order valence-corrected chi connectivity index (χ3v) is 4.00. The molecule has 0 saturated carbocycles. The minimum atomic E-state index is -0.316. The van der Waals surface area contributed by atoms with E-state index in [1.807, 2.05) is 24.3 Å². The van der Waals surface area contributed by atoms with Crippen LogP contribution in [0.3, 0.4) is 0 Å². The molecule has 2 atom stereocenters. The lowest BCUT2D eigenvalue weighted by molar-refractivity contribution is 0.0973. The number of alkyl halides is 1. The molecule has 0 aliphatic carbocycles. The van der Waals surface area contributed by atoms with Gasteiger partial charge in [0.15, 0.2) is 0 Å². The number of halogens is 2. The Balaban J connectivity index is 2.06. The fourth-order valence-corrected chi connectivity index (χ4v) is 2.89. The summed E-state index contributed by atoms with van der Waals surface area (Å²) in [6.07, 6.45) is 0.965. The average Bonchev–Trinajstić information content (AvgIpc) is 2.40. The third-order valence-electron chi connectivity index (χ3n) is 3.75. The van der Waals surface area contributed by atoms with Crippen LogP contribution in [0.25, 0.3) is 0 Å². The van der Waals surface area contributed by atoms with E-state index < -0.39 is 0 Å². The van der Waals surface area contributed by atoms with E-state index in [1.165, 1.54) is 5.56 Å². The molecule has 0 bridgehead atoms. The van der Waals surface area contributed by atoms with Crippen molar-refractivity contribution in [3.63, 3.8) is 0 Å². The Hall–Kier alpha value is -0.640. The maximum Gasteiger partial charge on any atom is 0.102 e. The fourth-order valence-electron chi connectivity index (χ4n) is 2.76. The van der Waals surface area contributed by atoms with E-state index in [0.29, 0.717) is 12.5 Å². The van der Waals surface area contributed by atoms with Crippen LogP contribution in [-0.2, 0) is 0 Å². The van der Waals surface area contributed by atoms with Gasteiger partial charge in [-0.1, -0.05) is 23.7 Å². The van der Waals surface area contributed by atoms with Crippen molar-refractivity contribution >= 4 is 11.6 Å². The molecule has 1 aliphatic heterocycles. The van der Waals surface area contributed by atoms with Gasteiger partial charge in [-0.05, 0) is 36.6 Å². The van der Waals surface area contributed by atoms with Crippen LogP contribution in [0.4, 0.5) is 4.39 Å². The number of aliphatic hydroxyl groups excluding tert-OH is 1. The molecule has 2 rings (SSSR count). The molecule has 2 nitrogen and oxygen atoms in total. The van der Waals surface area contributed by atoms with Gasteiger partial charge in [-0.25, -0.2) is 4.39 Å². The van der Waals surface area contributed by atoms with Crippen LogP contribution >= 0.6 is 11.6 Å². The zero-order valence-corrected chi connectivity index (χ0v) is 11.1. The number of benzene rings is 1. The number of rotatable bonds is 4. The number of hydrogen-bond donors (Lipinski definition) is 1. The molecule has 0 radical (unpaired) electrons. The van der Waals surface area contributed by atoms with Gasteiger partial charge in [0, 0.05) is 30.6 Å². The van der Waals surface area contributed by atoms with E-state index in [2.05, 4.69) is 4.90 Å². The second-order valence-electron chi connectivity index (χ2n) is 4.88. The van der Waals surface area contributed by atoms with Gasteiger partial charge < -0.3 is 10.0 Å². The second kappa shape index (κ2) is 6.50. The zero-order valence-electron chi connectivity index (χ0n) is 10.4. The highest BCUT2D eigenvalue weighted by Crippen LogP contribution is 2.33. The lowest BCUT2D eigenvalue weighted by atomic mass is 9.81. The Morgan fingerprint density at radius 3 is 2.67 bits per heavy atom. The summed E-state index contributed by atoms with van der Waals surface area (Å²) in [5.74, 6) is 0.537. The van der Waals surface area contributed by atoms with Crippen molar-refractivity contribution in [1.82, 2.24) is 4.90 Å². The highest BCUT2D eigenvalue weighted by molar-refractivity contribution is 6.30. The lowest BCUT2D eigenvalue weighted by Crippen LogP contribution is -2.41. The maximum atomic E-state index is 12.4. The van der Waals surface area contributed by atoms with Crippen LogP contribution in [0.15, 0.2) is 24.3 Å². The number of piperidine rings is 1. The van der Waals surface area contributed by atoms with Crippen molar-refractivity contribution in [1.29, 1.82) is 0 Å². The fraction of sp³-hybridized carbons (Fsp3) is 0.571. The van der Waals surface area contributed by atoms with Gasteiger partial charge in [-0.3, -0.25) is 0 Å². The van der Waals surface area contributed by atoms with E-state index in [1.54, 1.807) is 0 Å². The summed E-state index contributed by atoms with van der Waals surface area (Å²) in [7, 11) is 0. The Labute approximate surface area is 112 Å². The molecule has 1 saturated heterocycles. The molecular weight excluding hydrogens is 253 g/mol. The maximum absolute atomic E-state index is 12.4. The topological polar surface area (TPSA) is 23.5 Å². The van der Waals surface area contributed by atoms with Crippen LogP contribution in [0.5, 0.6) is 0 Å². The lowest BCUT2D eigenvalue weighted by Gasteiger charge is -2.37. The summed E-state index contributed by atoms with van der Waals surface area (Å²) in [6, 6.07) is 7.83. The van der Waals surface area contributed by atoms with Crippen molar-refractivity contribution < 1.29 is 9.50 Å². The molecule has 18 heavy (non-hydrogen) atoms.